The van der Waals surface area contributed by atoms with Crippen LogP contribution in [0.4, 0.5) is 0 Å². The van der Waals surface area contributed by atoms with Gasteiger partial charge in [0.25, 0.3) is 5.91 Å². The fourth-order valence-corrected chi connectivity index (χ4v) is 2.67. The second-order valence-electron chi connectivity index (χ2n) is 3.47. The third kappa shape index (κ3) is 2.87. The lowest BCUT2D eigenvalue weighted by atomic mass is 10.2. The van der Waals surface area contributed by atoms with E-state index in [4.69, 9.17) is 16.7 Å². The Balaban J connectivity index is 2.18. The lowest BCUT2D eigenvalue weighted by molar-refractivity contribution is -0.138. The molecule has 1 heterocycles. The summed E-state index contributed by atoms with van der Waals surface area (Å²) >= 11 is 7.01. The van der Waals surface area contributed by atoms with Crippen LogP contribution in [-0.4, -0.2) is 27.3 Å². The number of thioether (sulfide) groups is 1. The molecule has 0 aliphatic carbocycles. The molecule has 1 aliphatic heterocycles. The van der Waals surface area contributed by atoms with Crippen LogP contribution >= 0.6 is 23.4 Å². The molecule has 1 aromatic carbocycles. The molecule has 88 valence electrons. The van der Waals surface area contributed by atoms with Crippen molar-refractivity contribution in [1.82, 2.24) is 0 Å². The lowest BCUT2D eigenvalue weighted by Crippen LogP contribution is -2.15. The largest absolute Gasteiger partial charge is 0.481 e. The van der Waals surface area contributed by atoms with E-state index < -0.39 is 17.1 Å². The van der Waals surface area contributed by atoms with Gasteiger partial charge in [0.1, 0.15) is 10.3 Å². The summed E-state index contributed by atoms with van der Waals surface area (Å²) in [5.41, 5.74) is 0.740. The summed E-state index contributed by atoms with van der Waals surface area (Å²) in [6.07, 6.45) is -0.211. The summed E-state index contributed by atoms with van der Waals surface area (Å²) in [6, 6.07) is 6.97. The summed E-state index contributed by atoms with van der Waals surface area (Å²) in [4.78, 5) is 25.9. The molecule has 1 amide bonds. The number of amides is 1. The van der Waals surface area contributed by atoms with E-state index in [-0.39, 0.29) is 6.42 Å². The fourth-order valence-electron chi connectivity index (χ4n) is 1.43. The van der Waals surface area contributed by atoms with Crippen molar-refractivity contribution in [1.29, 1.82) is 0 Å². The van der Waals surface area contributed by atoms with Gasteiger partial charge in [0.05, 0.1) is 6.42 Å². The highest BCUT2D eigenvalue weighted by Gasteiger charge is 2.30. The van der Waals surface area contributed by atoms with Crippen LogP contribution in [0, 0.1) is 0 Å². The first kappa shape index (κ1) is 12.1. The Hall–Kier alpha value is -1.33. The third-order valence-electron chi connectivity index (χ3n) is 2.17. The highest BCUT2D eigenvalue weighted by atomic mass is 35.5. The van der Waals surface area contributed by atoms with Crippen LogP contribution in [0.15, 0.2) is 29.3 Å². The van der Waals surface area contributed by atoms with E-state index in [0.29, 0.717) is 10.1 Å². The van der Waals surface area contributed by atoms with Crippen LogP contribution in [0.2, 0.25) is 5.02 Å². The highest BCUT2D eigenvalue weighted by molar-refractivity contribution is 8.16. The molecule has 1 atom stereocenters. The number of carbonyl (C=O) groups excluding carboxylic acids is 1. The quantitative estimate of drug-likeness (QED) is 0.913. The van der Waals surface area contributed by atoms with Gasteiger partial charge in [-0.25, -0.2) is 4.99 Å². The van der Waals surface area contributed by atoms with Crippen LogP contribution < -0.4 is 0 Å². The van der Waals surface area contributed by atoms with Gasteiger partial charge < -0.3 is 5.11 Å². The van der Waals surface area contributed by atoms with Gasteiger partial charge in [-0.2, -0.15) is 0 Å². The second kappa shape index (κ2) is 4.89. The summed E-state index contributed by atoms with van der Waals surface area (Å²) in [5.74, 6) is -1.40. The Bertz CT molecular complexity index is 515. The molecule has 1 aliphatic rings. The zero-order valence-corrected chi connectivity index (χ0v) is 10.2. The minimum absolute atomic E-state index is 0.211. The van der Waals surface area contributed by atoms with Crippen molar-refractivity contribution in [2.45, 2.75) is 11.7 Å². The van der Waals surface area contributed by atoms with E-state index in [0.717, 1.165) is 5.56 Å². The molecule has 2 rings (SSSR count). The Morgan fingerprint density at radius 1 is 1.53 bits per heavy atom. The van der Waals surface area contributed by atoms with Crippen LogP contribution in [0.5, 0.6) is 0 Å². The van der Waals surface area contributed by atoms with Crippen molar-refractivity contribution in [2.24, 2.45) is 4.99 Å². The van der Waals surface area contributed by atoms with Gasteiger partial charge in [-0.15, -0.1) is 0 Å². The molecule has 1 aromatic rings. The minimum atomic E-state index is -1.00. The van der Waals surface area contributed by atoms with Crippen LogP contribution in [-0.2, 0) is 9.59 Å². The molecule has 0 radical (unpaired) electrons. The number of nitrogens with zero attached hydrogens (tertiary/aromatic N) is 1. The molecular formula is C11H8ClNO3S. The smallest absolute Gasteiger partial charge is 0.305 e. The first-order chi connectivity index (χ1) is 8.06. The molecule has 0 spiro atoms. The number of hydrogen-bond donors (Lipinski definition) is 1. The number of rotatable bonds is 3. The normalized spacial score (nSPS) is 19.2. The Morgan fingerprint density at radius 2 is 2.29 bits per heavy atom. The average Bonchev–Trinajstić information content (AvgIpc) is 2.59. The standard InChI is InChI=1S/C11H8ClNO3S/c12-7-3-1-2-6(4-7)11-13-10(16)8(17-11)5-9(14)15/h1-4,8H,5H2,(H,14,15). The highest BCUT2D eigenvalue weighted by Crippen LogP contribution is 2.29. The van der Waals surface area contributed by atoms with E-state index in [9.17, 15) is 9.59 Å². The molecule has 6 heteroatoms. The SMILES string of the molecule is O=C(O)CC1SC(c2cccc(Cl)c2)=NC1=O. The van der Waals surface area contributed by atoms with Crippen LogP contribution in [0.1, 0.15) is 12.0 Å². The summed E-state index contributed by atoms with van der Waals surface area (Å²) in [6.45, 7) is 0. The third-order valence-corrected chi connectivity index (χ3v) is 3.61. The van der Waals surface area contributed by atoms with Gasteiger partial charge in [0, 0.05) is 10.6 Å². The van der Waals surface area contributed by atoms with Gasteiger partial charge in [-0.1, -0.05) is 35.5 Å². The van der Waals surface area contributed by atoms with Crippen molar-refractivity contribution in [2.75, 3.05) is 0 Å². The molecule has 0 fully saturated rings. The second-order valence-corrected chi connectivity index (χ2v) is 5.10. The summed E-state index contributed by atoms with van der Waals surface area (Å²) in [5, 5.41) is 9.12. The van der Waals surface area contributed by atoms with Crippen molar-refractivity contribution < 1.29 is 14.7 Å². The van der Waals surface area contributed by atoms with Crippen LogP contribution in [0.3, 0.4) is 0 Å². The number of carboxylic acids is 1. The molecule has 4 nitrogen and oxygen atoms in total. The monoisotopic (exact) mass is 269 g/mol. The van der Waals surface area contributed by atoms with E-state index in [2.05, 4.69) is 4.99 Å². The lowest BCUT2D eigenvalue weighted by Gasteiger charge is -2.03. The first-order valence-electron chi connectivity index (χ1n) is 4.83. The first-order valence-corrected chi connectivity index (χ1v) is 6.09. The molecule has 1 unspecified atom stereocenters. The molecule has 0 aromatic heterocycles. The molecule has 0 saturated heterocycles. The number of carbonyl (C=O) groups is 2. The van der Waals surface area contributed by atoms with E-state index >= 15 is 0 Å². The van der Waals surface area contributed by atoms with Crippen molar-refractivity contribution in [3.63, 3.8) is 0 Å². The van der Waals surface area contributed by atoms with Gasteiger partial charge in [-0.05, 0) is 12.1 Å². The zero-order valence-electron chi connectivity index (χ0n) is 8.59. The number of aliphatic imine (C=N–C) groups is 1. The maximum atomic E-state index is 11.5. The fraction of sp³-hybridized carbons (Fsp3) is 0.182. The maximum absolute atomic E-state index is 11.5. The van der Waals surface area contributed by atoms with E-state index in [1.807, 2.05) is 0 Å². The van der Waals surface area contributed by atoms with E-state index in [1.54, 1.807) is 24.3 Å². The van der Waals surface area contributed by atoms with Gasteiger partial charge in [-0.3, -0.25) is 9.59 Å². The Morgan fingerprint density at radius 3 is 2.94 bits per heavy atom. The Labute approximate surface area is 107 Å². The van der Waals surface area contributed by atoms with Gasteiger partial charge in [0.2, 0.25) is 0 Å². The number of halogens is 1. The number of hydrogen-bond acceptors (Lipinski definition) is 3. The maximum Gasteiger partial charge on any atom is 0.305 e. The molecule has 0 saturated carbocycles. The van der Waals surface area contributed by atoms with Gasteiger partial charge >= 0.3 is 5.97 Å². The summed E-state index contributed by atoms with van der Waals surface area (Å²) < 4.78 is 0. The number of aliphatic carboxylic acids is 1. The number of benzene rings is 1. The van der Waals surface area contributed by atoms with E-state index in [1.165, 1.54) is 11.8 Å². The topological polar surface area (TPSA) is 66.7 Å². The predicted octanol–water partition coefficient (Wildman–Crippen LogP) is 2.20. The number of carboxylic acid groups (broad SMARTS) is 1. The van der Waals surface area contributed by atoms with Crippen molar-refractivity contribution in [3.8, 4) is 0 Å². The zero-order chi connectivity index (χ0) is 12.4. The Kier molecular flexibility index (Phi) is 3.49. The predicted molar refractivity (Wildman–Crippen MR) is 66.6 cm³/mol. The molecule has 17 heavy (non-hydrogen) atoms. The van der Waals surface area contributed by atoms with Crippen molar-refractivity contribution in [3.05, 3.63) is 34.9 Å². The van der Waals surface area contributed by atoms with Gasteiger partial charge in [0.15, 0.2) is 0 Å². The van der Waals surface area contributed by atoms with Crippen molar-refractivity contribution >= 4 is 40.3 Å². The molecule has 0 bridgehead atoms. The minimum Gasteiger partial charge on any atom is -0.481 e. The van der Waals surface area contributed by atoms with Crippen LogP contribution in [0.25, 0.3) is 0 Å². The molecular weight excluding hydrogens is 262 g/mol. The molecule has 1 N–H and O–H groups in total. The summed E-state index contributed by atoms with van der Waals surface area (Å²) in [7, 11) is 0. The average molecular weight is 270 g/mol.